The summed E-state index contributed by atoms with van der Waals surface area (Å²) < 4.78 is 6.96. The molecular weight excluding hydrogens is 364 g/mol. The molecule has 1 aromatic carbocycles. The van der Waals surface area contributed by atoms with Crippen LogP contribution in [-0.4, -0.2) is 44.6 Å². The van der Waals surface area contributed by atoms with E-state index < -0.39 is 29.4 Å². The molecule has 2 aromatic rings. The molecule has 0 saturated carbocycles. The van der Waals surface area contributed by atoms with Gasteiger partial charge in [0.1, 0.15) is 12.4 Å². The number of amides is 2. The Kier molecular flexibility index (Phi) is 4.72. The monoisotopic (exact) mass is 384 g/mol. The van der Waals surface area contributed by atoms with Gasteiger partial charge in [-0.15, -0.1) is 0 Å². The van der Waals surface area contributed by atoms with Gasteiger partial charge in [-0.3, -0.25) is 14.5 Å². The van der Waals surface area contributed by atoms with Gasteiger partial charge in [-0.1, -0.05) is 30.3 Å². The number of nitrogens with one attached hydrogen (secondary N) is 1. The maximum atomic E-state index is 12.6. The summed E-state index contributed by atoms with van der Waals surface area (Å²) in [5, 5.41) is 12.6. The standard InChI is InChI=1S/C19H20N4O5/c24-15-14-17(25)20-8-10-23(14)16(21-18(15)26)13-7-4-9-22(13)19(27)28-11-12-5-2-1-3-6-12/h1-3,5-6,13,24H,4,7-11H2,(H,20,25)/t13-/m0/s1. The molecule has 4 rings (SSSR count). The van der Waals surface area contributed by atoms with Crippen LogP contribution in [0.15, 0.2) is 35.1 Å². The molecule has 9 heteroatoms. The van der Waals surface area contributed by atoms with Crippen LogP contribution < -0.4 is 10.9 Å². The number of aromatic hydroxyl groups is 1. The number of rotatable bonds is 3. The van der Waals surface area contributed by atoms with Gasteiger partial charge in [-0.2, -0.15) is 4.98 Å². The molecule has 0 bridgehead atoms. The van der Waals surface area contributed by atoms with Crippen LogP contribution in [0, 0.1) is 0 Å². The van der Waals surface area contributed by atoms with Gasteiger partial charge < -0.3 is 19.7 Å². The van der Waals surface area contributed by atoms with Crippen LogP contribution in [-0.2, 0) is 17.9 Å². The lowest BCUT2D eigenvalue weighted by Gasteiger charge is -2.29. The first kappa shape index (κ1) is 18.0. The highest BCUT2D eigenvalue weighted by Crippen LogP contribution is 2.33. The van der Waals surface area contributed by atoms with E-state index in [4.69, 9.17) is 4.74 Å². The third-order valence-electron chi connectivity index (χ3n) is 5.02. The summed E-state index contributed by atoms with van der Waals surface area (Å²) in [7, 11) is 0. The van der Waals surface area contributed by atoms with Crippen molar-refractivity contribution in [3.05, 3.63) is 57.8 Å². The number of benzene rings is 1. The zero-order chi connectivity index (χ0) is 19.7. The number of hydrogen-bond donors (Lipinski definition) is 2. The third-order valence-corrected chi connectivity index (χ3v) is 5.02. The minimum absolute atomic E-state index is 0.106. The fraction of sp³-hybridized carbons (Fsp3) is 0.368. The predicted molar refractivity (Wildman–Crippen MR) is 97.8 cm³/mol. The lowest BCUT2D eigenvalue weighted by Crippen LogP contribution is -2.42. The number of carbonyl (C=O) groups is 2. The molecule has 0 aliphatic carbocycles. The van der Waals surface area contributed by atoms with E-state index in [1.54, 1.807) is 0 Å². The van der Waals surface area contributed by atoms with Crippen LogP contribution in [0.25, 0.3) is 0 Å². The maximum absolute atomic E-state index is 12.6. The van der Waals surface area contributed by atoms with Crippen LogP contribution in [0.5, 0.6) is 5.75 Å². The van der Waals surface area contributed by atoms with Crippen molar-refractivity contribution in [2.75, 3.05) is 13.1 Å². The van der Waals surface area contributed by atoms with Crippen molar-refractivity contribution in [2.45, 2.75) is 32.0 Å². The summed E-state index contributed by atoms with van der Waals surface area (Å²) in [5.41, 5.74) is -0.104. The van der Waals surface area contributed by atoms with Crippen molar-refractivity contribution in [3.63, 3.8) is 0 Å². The molecule has 2 aliphatic rings. The minimum Gasteiger partial charge on any atom is -0.501 e. The topological polar surface area (TPSA) is 114 Å². The van der Waals surface area contributed by atoms with E-state index >= 15 is 0 Å². The summed E-state index contributed by atoms with van der Waals surface area (Å²) in [6, 6.07) is 8.87. The number of likely N-dealkylation sites (tertiary alicyclic amines) is 1. The smallest absolute Gasteiger partial charge is 0.410 e. The van der Waals surface area contributed by atoms with Crippen LogP contribution in [0.2, 0.25) is 0 Å². The Hall–Kier alpha value is -3.36. The van der Waals surface area contributed by atoms with Crippen LogP contribution in [0.3, 0.4) is 0 Å². The van der Waals surface area contributed by atoms with Crippen molar-refractivity contribution in [2.24, 2.45) is 0 Å². The lowest BCUT2D eigenvalue weighted by molar-refractivity contribution is 0.0883. The molecule has 2 amide bonds. The average Bonchev–Trinajstić information content (AvgIpc) is 3.19. The summed E-state index contributed by atoms with van der Waals surface area (Å²) in [6.45, 7) is 1.33. The van der Waals surface area contributed by atoms with Gasteiger partial charge in [0.15, 0.2) is 5.69 Å². The summed E-state index contributed by atoms with van der Waals surface area (Å²) in [6.07, 6.45) is 0.825. The van der Waals surface area contributed by atoms with Crippen LogP contribution in [0.1, 0.15) is 40.8 Å². The number of nitrogens with zero attached hydrogens (tertiary/aromatic N) is 3. The second kappa shape index (κ2) is 7.34. The van der Waals surface area contributed by atoms with E-state index in [2.05, 4.69) is 10.3 Å². The molecule has 1 saturated heterocycles. The zero-order valence-electron chi connectivity index (χ0n) is 15.1. The zero-order valence-corrected chi connectivity index (χ0v) is 15.1. The number of carbonyl (C=O) groups excluding carboxylic acids is 2. The van der Waals surface area contributed by atoms with Gasteiger partial charge in [0, 0.05) is 19.6 Å². The van der Waals surface area contributed by atoms with Crippen LogP contribution in [0.4, 0.5) is 4.79 Å². The fourth-order valence-electron chi connectivity index (χ4n) is 3.69. The van der Waals surface area contributed by atoms with Gasteiger partial charge in [0.2, 0.25) is 5.75 Å². The van der Waals surface area contributed by atoms with Crippen molar-refractivity contribution in [1.82, 2.24) is 19.8 Å². The first-order chi connectivity index (χ1) is 13.6. The van der Waals surface area contributed by atoms with Crippen LogP contribution >= 0.6 is 0 Å². The molecule has 28 heavy (non-hydrogen) atoms. The highest BCUT2D eigenvalue weighted by molar-refractivity contribution is 5.95. The van der Waals surface area contributed by atoms with Crippen molar-refractivity contribution < 1.29 is 19.4 Å². The first-order valence-electron chi connectivity index (χ1n) is 9.15. The highest BCUT2D eigenvalue weighted by atomic mass is 16.6. The molecule has 2 aliphatic heterocycles. The Morgan fingerprint density at radius 1 is 1.25 bits per heavy atom. The number of aromatic nitrogens is 2. The molecular formula is C19H20N4O5. The summed E-state index contributed by atoms with van der Waals surface area (Å²) in [5.74, 6) is -0.889. The van der Waals surface area contributed by atoms with E-state index in [1.165, 1.54) is 9.47 Å². The molecule has 0 unspecified atom stereocenters. The minimum atomic E-state index is -0.872. The molecule has 1 atom stereocenters. The Bertz CT molecular complexity index is 972. The first-order valence-corrected chi connectivity index (χ1v) is 9.15. The number of ether oxygens (including phenoxy) is 1. The van der Waals surface area contributed by atoms with E-state index in [9.17, 15) is 19.5 Å². The summed E-state index contributed by atoms with van der Waals surface area (Å²) in [4.78, 5) is 42.4. The van der Waals surface area contributed by atoms with Crippen molar-refractivity contribution >= 4 is 12.0 Å². The normalized spacial score (nSPS) is 18.5. The average molecular weight is 384 g/mol. The number of hydrogen-bond acceptors (Lipinski definition) is 6. The van der Waals surface area contributed by atoms with Gasteiger partial charge in [0.05, 0.1) is 6.04 Å². The highest BCUT2D eigenvalue weighted by Gasteiger charge is 2.37. The fourth-order valence-corrected chi connectivity index (χ4v) is 3.69. The maximum Gasteiger partial charge on any atom is 0.410 e. The Morgan fingerprint density at radius 3 is 2.82 bits per heavy atom. The van der Waals surface area contributed by atoms with Gasteiger partial charge in [-0.05, 0) is 18.4 Å². The molecule has 2 N–H and O–H groups in total. The van der Waals surface area contributed by atoms with E-state index in [0.29, 0.717) is 31.9 Å². The van der Waals surface area contributed by atoms with E-state index in [0.717, 1.165) is 12.0 Å². The molecule has 9 nitrogen and oxygen atoms in total. The quantitative estimate of drug-likeness (QED) is 0.821. The Balaban J connectivity index is 1.61. The Morgan fingerprint density at radius 2 is 2.04 bits per heavy atom. The van der Waals surface area contributed by atoms with Gasteiger partial charge >= 0.3 is 11.7 Å². The predicted octanol–water partition coefficient (Wildman–Crippen LogP) is 1.17. The van der Waals surface area contributed by atoms with Crippen molar-refractivity contribution in [3.8, 4) is 5.75 Å². The molecule has 1 aromatic heterocycles. The van der Waals surface area contributed by atoms with E-state index in [1.807, 2.05) is 30.3 Å². The second-order valence-electron chi connectivity index (χ2n) is 6.77. The lowest BCUT2D eigenvalue weighted by atomic mass is 10.1. The molecule has 1 fully saturated rings. The third kappa shape index (κ3) is 3.19. The SMILES string of the molecule is O=C1NCCn2c([C@@H]3CCCN3C(=O)OCc3ccccc3)nc(=O)c(O)c21. The molecule has 146 valence electrons. The molecule has 0 radical (unpaired) electrons. The number of fused-ring (bicyclic) bond motifs is 1. The largest absolute Gasteiger partial charge is 0.501 e. The Labute approximate surface area is 160 Å². The molecule has 0 spiro atoms. The molecule has 3 heterocycles. The van der Waals surface area contributed by atoms with Gasteiger partial charge in [0.25, 0.3) is 5.91 Å². The second-order valence-corrected chi connectivity index (χ2v) is 6.77. The summed E-state index contributed by atoms with van der Waals surface area (Å²) >= 11 is 0. The van der Waals surface area contributed by atoms with Crippen molar-refractivity contribution in [1.29, 1.82) is 0 Å². The van der Waals surface area contributed by atoms with E-state index in [-0.39, 0.29) is 12.3 Å². The van der Waals surface area contributed by atoms with Gasteiger partial charge in [-0.25, -0.2) is 4.79 Å².